The monoisotopic (exact) mass is 426 g/mol. The van der Waals surface area contributed by atoms with Crippen molar-refractivity contribution in [2.75, 3.05) is 12.3 Å². The van der Waals surface area contributed by atoms with Gasteiger partial charge >= 0.3 is 0 Å². The van der Waals surface area contributed by atoms with Gasteiger partial charge in [0.05, 0.1) is 5.56 Å². The molecule has 0 aliphatic rings. The lowest BCUT2D eigenvalue weighted by Crippen LogP contribution is -2.21. The number of hydrogen-bond donors (Lipinski definition) is 4. The fourth-order valence-corrected chi connectivity index (χ4v) is 3.02. The number of aromatic nitrogens is 2. The second-order valence-electron chi connectivity index (χ2n) is 6.51. The van der Waals surface area contributed by atoms with Crippen LogP contribution in [-0.4, -0.2) is 29.0 Å². The number of anilines is 1. The summed E-state index contributed by atoms with van der Waals surface area (Å²) in [6.07, 6.45) is 9.53. The summed E-state index contributed by atoms with van der Waals surface area (Å²) in [5, 5.41) is 11.6. The Labute approximate surface area is 180 Å². The van der Waals surface area contributed by atoms with Crippen molar-refractivity contribution < 1.29 is 9.18 Å². The van der Waals surface area contributed by atoms with E-state index in [0.717, 1.165) is 12.8 Å². The first kappa shape index (κ1) is 23.1. The van der Waals surface area contributed by atoms with Crippen molar-refractivity contribution in [2.24, 2.45) is 5.73 Å². The van der Waals surface area contributed by atoms with Crippen molar-refractivity contribution in [1.82, 2.24) is 15.3 Å². The number of nitrogens with one attached hydrogen (secondary N) is 1. The first-order chi connectivity index (χ1) is 14.5. The Morgan fingerprint density at radius 2 is 2.07 bits per heavy atom. The quantitative estimate of drug-likeness (QED) is 0.200. The van der Waals surface area contributed by atoms with Crippen LogP contribution in [-0.2, 0) is 4.79 Å². The van der Waals surface area contributed by atoms with Crippen molar-refractivity contribution in [3.63, 3.8) is 0 Å². The van der Waals surface area contributed by atoms with Crippen molar-refractivity contribution in [2.45, 2.75) is 25.3 Å². The lowest BCUT2D eigenvalue weighted by atomic mass is 10.00. The summed E-state index contributed by atoms with van der Waals surface area (Å²) in [7, 11) is 0. The molecule has 1 unspecified atom stereocenters. The minimum atomic E-state index is -0.616. The summed E-state index contributed by atoms with van der Waals surface area (Å²) in [5.41, 5.74) is 13.4. The van der Waals surface area contributed by atoms with E-state index in [2.05, 4.69) is 27.9 Å². The van der Waals surface area contributed by atoms with E-state index >= 15 is 0 Å². The molecule has 7 nitrogen and oxygen atoms in total. The van der Waals surface area contributed by atoms with Gasteiger partial charge in [0, 0.05) is 35.4 Å². The molecule has 2 aromatic rings. The Morgan fingerprint density at radius 1 is 1.33 bits per heavy atom. The number of nitrogen functional groups attached to an aromatic ring is 1. The van der Waals surface area contributed by atoms with Gasteiger partial charge in [-0.1, -0.05) is 18.2 Å². The molecule has 30 heavy (non-hydrogen) atoms. The van der Waals surface area contributed by atoms with Gasteiger partial charge in [-0.2, -0.15) is 5.26 Å². The van der Waals surface area contributed by atoms with E-state index in [1.807, 2.05) is 18.2 Å². The van der Waals surface area contributed by atoms with Gasteiger partial charge in [-0.3, -0.25) is 4.79 Å². The average Bonchev–Trinajstić information content (AvgIpc) is 2.74. The van der Waals surface area contributed by atoms with Crippen LogP contribution in [0.5, 0.6) is 0 Å². The highest BCUT2D eigenvalue weighted by Crippen LogP contribution is 2.31. The van der Waals surface area contributed by atoms with E-state index in [4.69, 9.17) is 16.7 Å². The number of hydrogen-bond acceptors (Lipinski definition) is 7. The molecule has 0 fully saturated rings. The molecule has 1 heterocycles. The van der Waals surface area contributed by atoms with Crippen LogP contribution in [0.2, 0.25) is 0 Å². The molecule has 1 aromatic heterocycles. The number of amides is 1. The zero-order valence-electron chi connectivity index (χ0n) is 16.3. The largest absolute Gasteiger partial charge is 0.368 e. The van der Waals surface area contributed by atoms with Crippen LogP contribution < -0.4 is 16.8 Å². The number of carbonyl (C=O) groups excluding carboxylic acids is 1. The Balaban J connectivity index is 2.29. The van der Waals surface area contributed by atoms with Crippen LogP contribution in [0.3, 0.4) is 0 Å². The topological polar surface area (TPSA) is 131 Å². The molecule has 1 atom stereocenters. The van der Waals surface area contributed by atoms with Gasteiger partial charge in [-0.15, -0.1) is 12.6 Å². The predicted octanol–water partition coefficient (Wildman–Crippen LogP) is 2.67. The SMILES string of the molecule is N#Cc1ccc(C(/C=C/CC(N)CCCNC=O)=C(/S)c2cnc(N)nc2)cc1F. The van der Waals surface area contributed by atoms with Crippen LogP contribution in [0.15, 0.2) is 42.7 Å². The highest BCUT2D eigenvalue weighted by atomic mass is 32.1. The number of rotatable bonds is 10. The number of nitrogens with zero attached hydrogens (tertiary/aromatic N) is 3. The second kappa shape index (κ2) is 11.7. The maximum absolute atomic E-state index is 14.2. The minimum Gasteiger partial charge on any atom is -0.368 e. The number of nitrogens with two attached hydrogens (primary N) is 2. The number of benzene rings is 1. The van der Waals surface area contributed by atoms with Crippen LogP contribution in [0, 0.1) is 17.1 Å². The maximum atomic E-state index is 14.2. The van der Waals surface area contributed by atoms with E-state index in [-0.39, 0.29) is 17.6 Å². The fourth-order valence-electron chi connectivity index (χ4n) is 2.70. The Morgan fingerprint density at radius 3 is 2.70 bits per heavy atom. The minimum absolute atomic E-state index is 0.0374. The van der Waals surface area contributed by atoms with Crippen molar-refractivity contribution in [3.8, 4) is 6.07 Å². The van der Waals surface area contributed by atoms with E-state index in [1.165, 1.54) is 24.5 Å². The lowest BCUT2D eigenvalue weighted by Gasteiger charge is -2.11. The van der Waals surface area contributed by atoms with Gasteiger partial charge in [-0.25, -0.2) is 14.4 Å². The van der Waals surface area contributed by atoms with Gasteiger partial charge < -0.3 is 16.8 Å². The van der Waals surface area contributed by atoms with Gasteiger partial charge in [0.2, 0.25) is 12.4 Å². The molecule has 0 aliphatic carbocycles. The van der Waals surface area contributed by atoms with Crippen molar-refractivity contribution in [1.29, 1.82) is 5.26 Å². The molecule has 0 spiro atoms. The highest BCUT2D eigenvalue weighted by Gasteiger charge is 2.11. The highest BCUT2D eigenvalue weighted by molar-refractivity contribution is 7.90. The molecule has 2 rings (SSSR count). The van der Waals surface area contributed by atoms with E-state index < -0.39 is 5.82 Å². The number of carbonyl (C=O) groups is 1. The van der Waals surface area contributed by atoms with Crippen LogP contribution in [0.1, 0.15) is 36.0 Å². The number of nitriles is 1. The Bertz CT molecular complexity index is 968. The van der Waals surface area contributed by atoms with Gasteiger partial charge in [-0.05, 0) is 42.5 Å². The van der Waals surface area contributed by atoms with Crippen molar-refractivity contribution in [3.05, 3.63) is 65.3 Å². The predicted molar refractivity (Wildman–Crippen MR) is 118 cm³/mol. The lowest BCUT2D eigenvalue weighted by molar-refractivity contribution is -0.109. The summed E-state index contributed by atoms with van der Waals surface area (Å²) in [6, 6.07) is 6.09. The fraction of sp³-hybridized carbons (Fsp3) is 0.238. The van der Waals surface area contributed by atoms with E-state index in [1.54, 1.807) is 6.07 Å². The maximum Gasteiger partial charge on any atom is 0.219 e. The van der Waals surface area contributed by atoms with Gasteiger partial charge in [0.25, 0.3) is 0 Å². The average molecular weight is 427 g/mol. The molecule has 156 valence electrons. The number of halogens is 1. The number of allylic oxidation sites excluding steroid dienone is 2. The van der Waals surface area contributed by atoms with Crippen molar-refractivity contribution >= 4 is 35.5 Å². The van der Waals surface area contributed by atoms with Crippen LogP contribution in [0.4, 0.5) is 10.3 Å². The zero-order valence-corrected chi connectivity index (χ0v) is 17.1. The third-order valence-corrected chi connectivity index (χ3v) is 4.80. The van der Waals surface area contributed by atoms with E-state index in [9.17, 15) is 9.18 Å². The van der Waals surface area contributed by atoms with Crippen LogP contribution in [0.25, 0.3) is 10.5 Å². The smallest absolute Gasteiger partial charge is 0.219 e. The third kappa shape index (κ3) is 6.69. The summed E-state index contributed by atoms with van der Waals surface area (Å²) in [4.78, 5) is 18.7. The molecule has 1 aromatic carbocycles. The molecule has 0 bridgehead atoms. The first-order valence-electron chi connectivity index (χ1n) is 9.26. The molecule has 0 saturated carbocycles. The summed E-state index contributed by atoms with van der Waals surface area (Å²) in [5.74, 6) is -0.480. The van der Waals surface area contributed by atoms with Gasteiger partial charge in [0.1, 0.15) is 11.9 Å². The number of thiol groups is 1. The Hall–Kier alpha value is -3.22. The zero-order chi connectivity index (χ0) is 21.9. The molecule has 1 amide bonds. The molecular formula is C21H23FN6OS. The normalized spacial score (nSPS) is 12.9. The summed E-state index contributed by atoms with van der Waals surface area (Å²) >= 11 is 4.60. The summed E-state index contributed by atoms with van der Waals surface area (Å²) in [6.45, 7) is 0.578. The molecule has 0 saturated heterocycles. The van der Waals surface area contributed by atoms with Crippen LogP contribution >= 0.6 is 12.6 Å². The summed E-state index contributed by atoms with van der Waals surface area (Å²) < 4.78 is 14.2. The third-order valence-electron chi connectivity index (χ3n) is 4.30. The second-order valence-corrected chi connectivity index (χ2v) is 6.96. The molecule has 0 radical (unpaired) electrons. The Kier molecular flexibility index (Phi) is 9.00. The molecular weight excluding hydrogens is 403 g/mol. The first-order valence-corrected chi connectivity index (χ1v) is 9.71. The molecule has 0 aliphatic heterocycles. The standard InChI is InChI=1S/C21H23FN6OS/c22-19-9-14(6-7-15(19)10-23)18(20(30)16-11-27-21(25)28-12-16)5-1-3-17(24)4-2-8-26-13-29/h1,5-7,9,11-13,17,30H,2-4,8,24H2,(H,26,29)(H2,25,27,28)/b5-1+,20-18+. The van der Waals surface area contributed by atoms with E-state index in [0.29, 0.717) is 41.0 Å². The molecule has 5 N–H and O–H groups in total. The molecule has 9 heteroatoms. The van der Waals surface area contributed by atoms with Gasteiger partial charge in [0.15, 0.2) is 0 Å².